The molecule has 0 saturated carbocycles. The van der Waals surface area contributed by atoms with Gasteiger partial charge in [-0.25, -0.2) is 0 Å². The summed E-state index contributed by atoms with van der Waals surface area (Å²) in [7, 11) is 0. The fourth-order valence-electron chi connectivity index (χ4n) is 2.77. The minimum atomic E-state index is -4.26. The van der Waals surface area contributed by atoms with Gasteiger partial charge in [0, 0.05) is 24.8 Å². The summed E-state index contributed by atoms with van der Waals surface area (Å²) >= 11 is 0. The normalized spacial score (nSPS) is 19.5. The molecule has 1 N–H and O–H groups in total. The van der Waals surface area contributed by atoms with Crippen molar-refractivity contribution in [1.82, 2.24) is 5.32 Å². The van der Waals surface area contributed by atoms with Crippen molar-refractivity contribution in [3.05, 3.63) is 29.8 Å². The van der Waals surface area contributed by atoms with Crippen molar-refractivity contribution in [2.45, 2.75) is 38.9 Å². The van der Waals surface area contributed by atoms with E-state index in [0.29, 0.717) is 12.0 Å². The first kappa shape index (κ1) is 16.1. The molecule has 0 aliphatic carbocycles. The molecule has 5 heteroatoms. The van der Waals surface area contributed by atoms with Crippen molar-refractivity contribution < 1.29 is 13.2 Å². The van der Waals surface area contributed by atoms with Crippen LogP contribution in [0.1, 0.15) is 32.3 Å². The molecule has 1 fully saturated rings. The van der Waals surface area contributed by atoms with E-state index in [2.05, 4.69) is 24.1 Å². The zero-order valence-electron chi connectivity index (χ0n) is 12.6. The second-order valence-corrected chi connectivity index (χ2v) is 6.09. The molecular formula is C16H23F3N2. The second kappa shape index (κ2) is 6.69. The lowest BCUT2D eigenvalue weighted by Gasteiger charge is -2.27. The molecule has 0 radical (unpaired) electrons. The molecule has 0 spiro atoms. The van der Waals surface area contributed by atoms with Crippen LogP contribution in [0.25, 0.3) is 0 Å². The highest BCUT2D eigenvalue weighted by Gasteiger charge is 2.31. The van der Waals surface area contributed by atoms with Gasteiger partial charge in [-0.05, 0) is 49.6 Å². The number of nitrogens with zero attached hydrogens (tertiary/aromatic N) is 1. The van der Waals surface area contributed by atoms with Crippen molar-refractivity contribution >= 4 is 5.69 Å². The van der Waals surface area contributed by atoms with Gasteiger partial charge in [-0.1, -0.05) is 13.8 Å². The quantitative estimate of drug-likeness (QED) is 0.886. The first-order valence-electron chi connectivity index (χ1n) is 7.52. The molecule has 2 rings (SSSR count). The van der Waals surface area contributed by atoms with E-state index >= 15 is 0 Å². The average molecular weight is 300 g/mol. The third kappa shape index (κ3) is 4.37. The fourth-order valence-corrected chi connectivity index (χ4v) is 2.77. The van der Waals surface area contributed by atoms with Crippen LogP contribution in [0.3, 0.4) is 0 Å². The largest absolute Gasteiger partial charge is 0.416 e. The zero-order valence-corrected chi connectivity index (χ0v) is 12.6. The van der Waals surface area contributed by atoms with Gasteiger partial charge < -0.3 is 10.2 Å². The molecule has 1 saturated heterocycles. The van der Waals surface area contributed by atoms with Crippen LogP contribution >= 0.6 is 0 Å². The number of rotatable bonds is 5. The smallest absolute Gasteiger partial charge is 0.367 e. The van der Waals surface area contributed by atoms with E-state index in [9.17, 15) is 13.2 Å². The molecule has 0 bridgehead atoms. The van der Waals surface area contributed by atoms with Crippen molar-refractivity contribution in [3.8, 4) is 0 Å². The number of hydrogen-bond donors (Lipinski definition) is 1. The van der Waals surface area contributed by atoms with Gasteiger partial charge in [0.2, 0.25) is 0 Å². The molecule has 1 unspecified atom stereocenters. The summed E-state index contributed by atoms with van der Waals surface area (Å²) in [6.07, 6.45) is -2.08. The number of benzene rings is 1. The van der Waals surface area contributed by atoms with Crippen molar-refractivity contribution in [2.75, 3.05) is 24.5 Å². The van der Waals surface area contributed by atoms with Gasteiger partial charge >= 0.3 is 6.18 Å². The predicted octanol–water partition coefficient (Wildman–Crippen LogP) is 3.92. The third-order valence-corrected chi connectivity index (χ3v) is 3.84. The number of halogens is 3. The van der Waals surface area contributed by atoms with E-state index in [1.807, 2.05) is 0 Å². The van der Waals surface area contributed by atoms with Gasteiger partial charge in [-0.3, -0.25) is 0 Å². The Balaban J connectivity index is 1.99. The highest BCUT2D eigenvalue weighted by molar-refractivity contribution is 5.50. The molecule has 21 heavy (non-hydrogen) atoms. The van der Waals surface area contributed by atoms with Gasteiger partial charge in [-0.15, -0.1) is 0 Å². The minimum absolute atomic E-state index is 0.375. The van der Waals surface area contributed by atoms with Crippen LogP contribution in [-0.2, 0) is 6.18 Å². The van der Waals surface area contributed by atoms with Crippen LogP contribution in [-0.4, -0.2) is 25.7 Å². The fraction of sp³-hybridized carbons (Fsp3) is 0.625. The Bertz CT molecular complexity index is 440. The van der Waals surface area contributed by atoms with Gasteiger partial charge in [0.25, 0.3) is 0 Å². The molecule has 0 aromatic heterocycles. The van der Waals surface area contributed by atoms with Crippen LogP contribution < -0.4 is 10.2 Å². The third-order valence-electron chi connectivity index (χ3n) is 3.84. The van der Waals surface area contributed by atoms with E-state index < -0.39 is 11.7 Å². The van der Waals surface area contributed by atoms with E-state index in [4.69, 9.17) is 0 Å². The summed E-state index contributed by atoms with van der Waals surface area (Å²) in [5.74, 6) is 0.603. The molecule has 1 aromatic rings. The van der Waals surface area contributed by atoms with Crippen LogP contribution in [0.2, 0.25) is 0 Å². The van der Waals surface area contributed by atoms with E-state index in [0.717, 1.165) is 38.2 Å². The molecule has 1 aliphatic heterocycles. The second-order valence-electron chi connectivity index (χ2n) is 6.09. The Kier molecular flexibility index (Phi) is 5.14. The first-order valence-corrected chi connectivity index (χ1v) is 7.52. The Morgan fingerprint density at radius 3 is 2.48 bits per heavy atom. The van der Waals surface area contributed by atoms with Crippen LogP contribution in [0.5, 0.6) is 0 Å². The van der Waals surface area contributed by atoms with Crippen LogP contribution in [0.15, 0.2) is 24.3 Å². The maximum absolute atomic E-state index is 12.6. The summed E-state index contributed by atoms with van der Waals surface area (Å²) < 4.78 is 37.8. The maximum Gasteiger partial charge on any atom is 0.416 e. The number of anilines is 1. The molecule has 0 amide bonds. The molecule has 2 nitrogen and oxygen atoms in total. The predicted molar refractivity (Wildman–Crippen MR) is 79.5 cm³/mol. The minimum Gasteiger partial charge on any atom is -0.367 e. The van der Waals surface area contributed by atoms with Crippen LogP contribution in [0.4, 0.5) is 18.9 Å². The van der Waals surface area contributed by atoms with E-state index in [-0.39, 0.29) is 0 Å². The van der Waals surface area contributed by atoms with E-state index in [1.165, 1.54) is 12.1 Å². The summed E-state index contributed by atoms with van der Waals surface area (Å²) in [4.78, 5) is 2.22. The highest BCUT2D eigenvalue weighted by atomic mass is 19.4. The lowest BCUT2D eigenvalue weighted by Crippen LogP contribution is -2.39. The van der Waals surface area contributed by atoms with Crippen LogP contribution in [0, 0.1) is 5.92 Å². The Hall–Kier alpha value is -1.23. The lowest BCUT2D eigenvalue weighted by molar-refractivity contribution is -0.137. The molecule has 1 aromatic carbocycles. The topological polar surface area (TPSA) is 15.3 Å². The Morgan fingerprint density at radius 1 is 1.24 bits per heavy atom. The standard InChI is InChI=1S/C16H23F3N2/c1-12(2)10-20-11-15-4-3-9-21(15)14-7-5-13(6-8-14)16(17,18)19/h5-8,12,15,20H,3-4,9-11H2,1-2H3. The lowest BCUT2D eigenvalue weighted by atomic mass is 10.1. The Labute approximate surface area is 124 Å². The SMILES string of the molecule is CC(C)CNCC1CCCN1c1ccc(C(F)(F)F)cc1. The monoisotopic (exact) mass is 300 g/mol. The molecule has 118 valence electrons. The summed E-state index contributed by atoms with van der Waals surface area (Å²) in [6.45, 7) is 7.10. The highest BCUT2D eigenvalue weighted by Crippen LogP contribution is 2.32. The van der Waals surface area contributed by atoms with Crippen molar-refractivity contribution in [1.29, 1.82) is 0 Å². The molecular weight excluding hydrogens is 277 g/mol. The van der Waals surface area contributed by atoms with Gasteiger partial charge in [0.05, 0.1) is 5.56 Å². The summed E-state index contributed by atoms with van der Waals surface area (Å²) in [6, 6.07) is 5.89. The van der Waals surface area contributed by atoms with Gasteiger partial charge in [-0.2, -0.15) is 13.2 Å². The number of nitrogens with one attached hydrogen (secondary N) is 1. The molecule has 1 atom stereocenters. The average Bonchev–Trinajstić information content (AvgIpc) is 2.86. The summed E-state index contributed by atoms with van der Waals surface area (Å²) in [5, 5.41) is 3.44. The number of alkyl halides is 3. The summed E-state index contributed by atoms with van der Waals surface area (Å²) in [5.41, 5.74) is 0.303. The zero-order chi connectivity index (χ0) is 15.5. The first-order chi connectivity index (χ1) is 9.88. The Morgan fingerprint density at radius 2 is 1.90 bits per heavy atom. The van der Waals surface area contributed by atoms with Gasteiger partial charge in [0.15, 0.2) is 0 Å². The maximum atomic E-state index is 12.6. The van der Waals surface area contributed by atoms with Crippen molar-refractivity contribution in [2.24, 2.45) is 5.92 Å². The van der Waals surface area contributed by atoms with Gasteiger partial charge in [0.1, 0.15) is 0 Å². The number of hydrogen-bond acceptors (Lipinski definition) is 2. The van der Waals surface area contributed by atoms with E-state index in [1.54, 1.807) is 12.1 Å². The molecule has 1 aliphatic rings. The molecule has 1 heterocycles. The van der Waals surface area contributed by atoms with Crippen molar-refractivity contribution in [3.63, 3.8) is 0 Å².